The van der Waals surface area contributed by atoms with Crippen LogP contribution in [-0.4, -0.2) is 16.9 Å². The molecule has 4 nitrogen and oxygen atoms in total. The maximum atomic E-state index is 13.2. The van der Waals surface area contributed by atoms with Gasteiger partial charge in [0, 0.05) is 30.4 Å². The number of ether oxygens (including phenoxy) is 1. The van der Waals surface area contributed by atoms with Crippen molar-refractivity contribution in [1.29, 1.82) is 0 Å². The van der Waals surface area contributed by atoms with Crippen LogP contribution >= 0.6 is 0 Å². The van der Waals surface area contributed by atoms with Gasteiger partial charge in [0.15, 0.2) is 0 Å². The molecule has 0 bridgehead atoms. The van der Waals surface area contributed by atoms with Crippen molar-refractivity contribution in [2.45, 2.75) is 51.7 Å². The lowest BCUT2D eigenvalue weighted by atomic mass is 9.84. The van der Waals surface area contributed by atoms with E-state index in [1.807, 2.05) is 0 Å². The van der Waals surface area contributed by atoms with Crippen LogP contribution in [0.4, 0.5) is 8.78 Å². The average Bonchev–Trinajstić information content (AvgIpc) is 2.66. The molecule has 0 aliphatic heterocycles. The molecule has 3 rings (SSSR count). The van der Waals surface area contributed by atoms with Gasteiger partial charge >= 0.3 is 0 Å². The lowest BCUT2D eigenvalue weighted by Gasteiger charge is -2.28. The maximum absolute atomic E-state index is 13.2. The van der Waals surface area contributed by atoms with E-state index in [0.717, 1.165) is 31.0 Å². The molecule has 1 aliphatic rings. The Hall–Kier alpha value is -2.50. The van der Waals surface area contributed by atoms with Crippen LogP contribution < -0.4 is 10.1 Å². The summed E-state index contributed by atoms with van der Waals surface area (Å²) in [5.41, 5.74) is 1.05. The molecule has 1 heterocycles. The Morgan fingerprint density at radius 1 is 1.19 bits per heavy atom. The highest BCUT2D eigenvalue weighted by atomic mass is 19.1. The highest BCUT2D eigenvalue weighted by Gasteiger charge is 2.21. The lowest BCUT2D eigenvalue weighted by molar-refractivity contribution is 0.0919. The molecular formula is C21H24F2N2O2. The number of carbonyl (C=O) groups is 1. The van der Waals surface area contributed by atoms with Crippen LogP contribution in [0.1, 0.15) is 55.1 Å². The first-order valence-corrected chi connectivity index (χ1v) is 9.36. The summed E-state index contributed by atoms with van der Waals surface area (Å²) in [5, 5.41) is 3.06. The number of nitrogens with zero attached hydrogens (tertiary/aromatic N) is 1. The van der Waals surface area contributed by atoms with Gasteiger partial charge in [-0.15, -0.1) is 0 Å². The lowest BCUT2D eigenvalue weighted by Crippen LogP contribution is -2.38. The fraction of sp³-hybridized carbons (Fsp3) is 0.429. The molecule has 144 valence electrons. The summed E-state index contributed by atoms with van der Waals surface area (Å²) in [6.07, 6.45) is 7.57. The van der Waals surface area contributed by atoms with E-state index in [4.69, 9.17) is 4.74 Å². The van der Waals surface area contributed by atoms with E-state index in [0.29, 0.717) is 17.2 Å². The van der Waals surface area contributed by atoms with Crippen molar-refractivity contribution in [3.05, 3.63) is 59.4 Å². The molecule has 6 heteroatoms. The second kappa shape index (κ2) is 8.93. The van der Waals surface area contributed by atoms with Crippen molar-refractivity contribution in [3.8, 4) is 5.75 Å². The second-order valence-electron chi connectivity index (χ2n) is 7.09. The fourth-order valence-corrected chi connectivity index (χ4v) is 3.46. The third-order valence-electron chi connectivity index (χ3n) is 5.03. The summed E-state index contributed by atoms with van der Waals surface area (Å²) in [4.78, 5) is 16.6. The van der Waals surface area contributed by atoms with E-state index in [1.54, 1.807) is 12.1 Å². The number of benzene rings is 1. The molecule has 1 aromatic carbocycles. The van der Waals surface area contributed by atoms with Gasteiger partial charge in [0.1, 0.15) is 24.0 Å². The van der Waals surface area contributed by atoms with Gasteiger partial charge in [-0.05, 0) is 37.8 Å². The number of rotatable bonds is 6. The monoisotopic (exact) mass is 374 g/mol. The molecule has 1 atom stereocenters. The number of pyridine rings is 1. The zero-order valence-electron chi connectivity index (χ0n) is 15.4. The topological polar surface area (TPSA) is 51.2 Å². The Morgan fingerprint density at radius 3 is 2.52 bits per heavy atom. The first-order chi connectivity index (χ1) is 13.0. The van der Waals surface area contributed by atoms with Crippen molar-refractivity contribution in [1.82, 2.24) is 10.3 Å². The highest BCUT2D eigenvalue weighted by Crippen LogP contribution is 2.26. The van der Waals surface area contributed by atoms with Crippen molar-refractivity contribution in [2.75, 3.05) is 0 Å². The van der Waals surface area contributed by atoms with Gasteiger partial charge < -0.3 is 10.1 Å². The van der Waals surface area contributed by atoms with E-state index >= 15 is 0 Å². The standard InChI is InChI=1S/C21H24F2N2O2/c1-14(15-5-3-2-4-6-15)25-21(26)16-7-8-19(24-12-16)13-27-20-10-17(22)9-18(23)11-20/h7-12,14-15H,2-6,13H2,1H3,(H,25,26)/t14-/m0/s1. The summed E-state index contributed by atoms with van der Waals surface area (Å²) >= 11 is 0. The van der Waals surface area contributed by atoms with Crippen molar-refractivity contribution >= 4 is 5.91 Å². The predicted octanol–water partition coefficient (Wildman–Crippen LogP) is 4.64. The van der Waals surface area contributed by atoms with Crippen molar-refractivity contribution in [3.63, 3.8) is 0 Å². The van der Waals surface area contributed by atoms with Gasteiger partial charge in [-0.25, -0.2) is 8.78 Å². The summed E-state index contributed by atoms with van der Waals surface area (Å²) in [6.45, 7) is 2.12. The third-order valence-corrected chi connectivity index (χ3v) is 5.03. The molecule has 1 amide bonds. The number of hydrogen-bond donors (Lipinski definition) is 1. The molecule has 0 radical (unpaired) electrons. The first-order valence-electron chi connectivity index (χ1n) is 9.36. The Balaban J connectivity index is 1.53. The molecule has 1 fully saturated rings. The van der Waals surface area contributed by atoms with E-state index in [1.165, 1.54) is 25.5 Å². The Bertz CT molecular complexity index is 754. The molecule has 0 unspecified atom stereocenters. The van der Waals surface area contributed by atoms with E-state index in [-0.39, 0.29) is 24.3 Å². The quantitative estimate of drug-likeness (QED) is 0.802. The largest absolute Gasteiger partial charge is 0.487 e. The van der Waals surface area contributed by atoms with E-state index < -0.39 is 11.6 Å². The third kappa shape index (κ3) is 5.49. The molecule has 1 saturated carbocycles. The average molecular weight is 374 g/mol. The minimum Gasteiger partial charge on any atom is -0.487 e. The van der Waals surface area contributed by atoms with Gasteiger partial charge in [0.05, 0.1) is 11.3 Å². The van der Waals surface area contributed by atoms with E-state index in [9.17, 15) is 13.6 Å². The summed E-state index contributed by atoms with van der Waals surface area (Å²) in [7, 11) is 0. The van der Waals surface area contributed by atoms with E-state index in [2.05, 4.69) is 17.2 Å². The van der Waals surface area contributed by atoms with Gasteiger partial charge in [0.25, 0.3) is 5.91 Å². The number of nitrogens with one attached hydrogen (secondary N) is 1. The van der Waals surface area contributed by atoms with Gasteiger partial charge in [-0.3, -0.25) is 9.78 Å². The van der Waals surface area contributed by atoms with Gasteiger partial charge in [-0.1, -0.05) is 19.3 Å². The van der Waals surface area contributed by atoms with Crippen molar-refractivity contribution < 1.29 is 18.3 Å². The Kier molecular flexibility index (Phi) is 6.37. The van der Waals surface area contributed by atoms with Crippen LogP contribution in [-0.2, 0) is 6.61 Å². The van der Waals surface area contributed by atoms with Crippen LogP contribution in [0.2, 0.25) is 0 Å². The minimum atomic E-state index is -0.697. The molecule has 1 aliphatic carbocycles. The summed E-state index contributed by atoms with van der Waals surface area (Å²) < 4.78 is 31.7. The molecule has 1 aromatic heterocycles. The van der Waals surface area contributed by atoms with Crippen LogP contribution in [0, 0.1) is 17.6 Å². The summed E-state index contributed by atoms with van der Waals surface area (Å²) in [6, 6.07) is 6.50. The fourth-order valence-electron chi connectivity index (χ4n) is 3.46. The number of amides is 1. The SMILES string of the molecule is C[C@H](NC(=O)c1ccc(COc2cc(F)cc(F)c2)nc1)C1CCCCC1. The van der Waals surface area contributed by atoms with Gasteiger partial charge in [0.2, 0.25) is 0 Å². The zero-order valence-corrected chi connectivity index (χ0v) is 15.4. The Morgan fingerprint density at radius 2 is 1.89 bits per heavy atom. The number of carbonyl (C=O) groups excluding carboxylic acids is 1. The van der Waals surface area contributed by atoms with Gasteiger partial charge in [-0.2, -0.15) is 0 Å². The zero-order chi connectivity index (χ0) is 19.2. The Labute approximate surface area is 158 Å². The molecular weight excluding hydrogens is 350 g/mol. The number of aromatic nitrogens is 1. The maximum Gasteiger partial charge on any atom is 0.253 e. The first kappa shape index (κ1) is 19.3. The van der Waals surface area contributed by atoms with Crippen LogP contribution in [0.15, 0.2) is 36.5 Å². The molecule has 0 saturated heterocycles. The second-order valence-corrected chi connectivity index (χ2v) is 7.09. The minimum absolute atomic E-state index is 0.0588. The molecule has 2 aromatic rings. The highest BCUT2D eigenvalue weighted by molar-refractivity contribution is 5.94. The summed E-state index contributed by atoms with van der Waals surface area (Å²) in [5.74, 6) is -0.901. The number of hydrogen-bond acceptors (Lipinski definition) is 3. The number of halogens is 2. The molecule has 0 spiro atoms. The predicted molar refractivity (Wildman–Crippen MR) is 98.4 cm³/mol. The van der Waals surface area contributed by atoms with Crippen LogP contribution in [0.3, 0.4) is 0 Å². The normalized spacial score (nSPS) is 16.0. The molecule has 1 N–H and O–H groups in total. The van der Waals surface area contributed by atoms with Crippen LogP contribution in [0.5, 0.6) is 5.75 Å². The molecule has 27 heavy (non-hydrogen) atoms. The smallest absolute Gasteiger partial charge is 0.253 e. The van der Waals surface area contributed by atoms with Crippen molar-refractivity contribution in [2.24, 2.45) is 5.92 Å². The van der Waals surface area contributed by atoms with Crippen LogP contribution in [0.25, 0.3) is 0 Å².